The Morgan fingerprint density at radius 1 is 1.37 bits per heavy atom. The lowest BCUT2D eigenvalue weighted by Crippen LogP contribution is -2.45. The van der Waals surface area contributed by atoms with Gasteiger partial charge in [0.15, 0.2) is 0 Å². The zero-order chi connectivity index (χ0) is 13.9. The van der Waals surface area contributed by atoms with Crippen LogP contribution >= 0.6 is 0 Å². The predicted molar refractivity (Wildman–Crippen MR) is 71.8 cm³/mol. The van der Waals surface area contributed by atoms with Crippen LogP contribution in [0.15, 0.2) is 0 Å². The monoisotopic (exact) mass is 268 g/mol. The first-order valence-electron chi connectivity index (χ1n) is 7.23. The van der Waals surface area contributed by atoms with Crippen molar-refractivity contribution in [2.75, 3.05) is 26.2 Å². The van der Waals surface area contributed by atoms with Crippen molar-refractivity contribution in [2.24, 2.45) is 11.3 Å². The van der Waals surface area contributed by atoms with Crippen LogP contribution in [0.25, 0.3) is 0 Å². The molecular weight excluding hydrogens is 244 g/mol. The summed E-state index contributed by atoms with van der Waals surface area (Å²) >= 11 is 0. The van der Waals surface area contributed by atoms with Crippen LogP contribution in [0.5, 0.6) is 0 Å². The molecule has 0 aromatic rings. The fraction of sp³-hybridized carbons (Fsp3) is 0.857. The maximum Gasteiger partial charge on any atom is 0.309 e. The van der Waals surface area contributed by atoms with Crippen molar-refractivity contribution in [3.8, 4) is 0 Å². The third kappa shape index (κ3) is 3.47. The lowest BCUT2D eigenvalue weighted by molar-refractivity contribution is -0.153. The molecule has 2 saturated heterocycles. The third-order valence-corrected chi connectivity index (χ3v) is 4.66. The van der Waals surface area contributed by atoms with Crippen LogP contribution in [0.2, 0.25) is 0 Å². The van der Waals surface area contributed by atoms with E-state index < -0.39 is 11.4 Å². The zero-order valence-corrected chi connectivity index (χ0v) is 11.7. The van der Waals surface area contributed by atoms with Crippen LogP contribution in [0.4, 0.5) is 0 Å². The highest BCUT2D eigenvalue weighted by molar-refractivity contribution is 5.78. The Kier molecular flexibility index (Phi) is 4.45. The van der Waals surface area contributed by atoms with Crippen molar-refractivity contribution in [1.82, 2.24) is 10.2 Å². The molecule has 0 aliphatic carbocycles. The van der Waals surface area contributed by atoms with Crippen LogP contribution in [-0.2, 0) is 9.59 Å². The molecule has 0 bridgehead atoms. The van der Waals surface area contributed by atoms with Crippen molar-refractivity contribution < 1.29 is 14.7 Å². The van der Waals surface area contributed by atoms with Crippen molar-refractivity contribution in [1.29, 1.82) is 0 Å². The minimum Gasteiger partial charge on any atom is -0.481 e. The van der Waals surface area contributed by atoms with E-state index >= 15 is 0 Å². The molecule has 0 radical (unpaired) electrons. The highest BCUT2D eigenvalue weighted by atomic mass is 16.4. The number of piperidine rings is 1. The first kappa shape index (κ1) is 14.3. The van der Waals surface area contributed by atoms with Gasteiger partial charge in [0.2, 0.25) is 5.91 Å². The summed E-state index contributed by atoms with van der Waals surface area (Å²) in [5, 5.41) is 12.5. The molecule has 5 nitrogen and oxygen atoms in total. The van der Waals surface area contributed by atoms with Crippen molar-refractivity contribution in [3.63, 3.8) is 0 Å². The topological polar surface area (TPSA) is 69.6 Å². The molecule has 5 heteroatoms. The van der Waals surface area contributed by atoms with Crippen molar-refractivity contribution in [3.05, 3.63) is 0 Å². The van der Waals surface area contributed by atoms with E-state index in [0.29, 0.717) is 38.3 Å². The average Bonchev–Trinajstić information content (AvgIpc) is 2.90. The number of carbonyl (C=O) groups is 2. The van der Waals surface area contributed by atoms with Gasteiger partial charge >= 0.3 is 5.97 Å². The molecule has 1 unspecified atom stereocenters. The van der Waals surface area contributed by atoms with E-state index in [0.717, 1.165) is 19.5 Å². The van der Waals surface area contributed by atoms with Gasteiger partial charge < -0.3 is 15.3 Å². The minimum atomic E-state index is -0.739. The molecular formula is C14H24N2O3. The molecule has 108 valence electrons. The lowest BCUT2D eigenvalue weighted by Gasteiger charge is -2.36. The molecule has 19 heavy (non-hydrogen) atoms. The third-order valence-electron chi connectivity index (χ3n) is 4.66. The van der Waals surface area contributed by atoms with E-state index in [-0.39, 0.29) is 5.91 Å². The molecule has 1 atom stereocenters. The van der Waals surface area contributed by atoms with Crippen LogP contribution in [0, 0.1) is 11.3 Å². The van der Waals surface area contributed by atoms with Gasteiger partial charge in [-0.3, -0.25) is 9.59 Å². The van der Waals surface area contributed by atoms with Crippen molar-refractivity contribution in [2.45, 2.75) is 39.0 Å². The highest BCUT2D eigenvalue weighted by Gasteiger charge is 2.37. The summed E-state index contributed by atoms with van der Waals surface area (Å²) in [6.45, 7) is 5.06. The summed E-state index contributed by atoms with van der Waals surface area (Å²) < 4.78 is 0. The van der Waals surface area contributed by atoms with Gasteiger partial charge in [0, 0.05) is 19.5 Å². The Balaban J connectivity index is 1.74. The second kappa shape index (κ2) is 5.90. The molecule has 1 amide bonds. The summed E-state index contributed by atoms with van der Waals surface area (Å²) in [5.74, 6) is 0.0917. The van der Waals surface area contributed by atoms with Crippen LogP contribution in [0.1, 0.15) is 39.0 Å². The minimum absolute atomic E-state index is 0.194. The second-order valence-corrected chi connectivity index (χ2v) is 6.14. The number of aliphatic carboxylic acids is 1. The Labute approximate surface area is 114 Å². The molecule has 2 aliphatic heterocycles. The predicted octanol–water partition coefficient (Wildman–Crippen LogP) is 1.09. The summed E-state index contributed by atoms with van der Waals surface area (Å²) in [7, 11) is 0. The molecule has 2 N–H and O–H groups in total. The first-order chi connectivity index (χ1) is 9.01. The van der Waals surface area contributed by atoms with Gasteiger partial charge in [-0.25, -0.2) is 0 Å². The van der Waals surface area contributed by atoms with Gasteiger partial charge in [-0.15, -0.1) is 0 Å². The smallest absolute Gasteiger partial charge is 0.309 e. The van der Waals surface area contributed by atoms with Crippen LogP contribution < -0.4 is 5.32 Å². The van der Waals surface area contributed by atoms with Gasteiger partial charge in [-0.1, -0.05) is 0 Å². The molecule has 2 heterocycles. The standard InChI is InChI=1S/C14H24N2O3/c1-14(13(18)19)5-8-16(9-6-14)12(17)3-2-11-4-7-15-10-11/h11,15H,2-10H2,1H3,(H,18,19). The van der Waals surface area contributed by atoms with E-state index in [1.165, 1.54) is 6.42 Å². The maximum absolute atomic E-state index is 12.1. The number of carboxylic acid groups (broad SMARTS) is 1. The summed E-state index contributed by atoms with van der Waals surface area (Å²) in [4.78, 5) is 25.1. The Morgan fingerprint density at radius 3 is 2.58 bits per heavy atom. The lowest BCUT2D eigenvalue weighted by atomic mass is 9.80. The number of hydrogen-bond acceptors (Lipinski definition) is 3. The number of rotatable bonds is 4. The fourth-order valence-electron chi connectivity index (χ4n) is 2.91. The Morgan fingerprint density at radius 2 is 2.05 bits per heavy atom. The van der Waals surface area contributed by atoms with Gasteiger partial charge in [0.25, 0.3) is 0 Å². The first-order valence-corrected chi connectivity index (χ1v) is 7.23. The highest BCUT2D eigenvalue weighted by Crippen LogP contribution is 2.31. The van der Waals surface area contributed by atoms with E-state index in [2.05, 4.69) is 5.32 Å². The average molecular weight is 268 g/mol. The van der Waals surface area contributed by atoms with Crippen molar-refractivity contribution >= 4 is 11.9 Å². The number of nitrogens with zero attached hydrogens (tertiary/aromatic N) is 1. The molecule has 0 aromatic heterocycles. The Hall–Kier alpha value is -1.10. The van der Waals surface area contributed by atoms with E-state index in [1.54, 1.807) is 6.92 Å². The van der Waals surface area contributed by atoms with Crippen LogP contribution in [-0.4, -0.2) is 48.1 Å². The van der Waals surface area contributed by atoms with E-state index in [9.17, 15) is 9.59 Å². The summed E-state index contributed by atoms with van der Waals surface area (Å²) in [5.41, 5.74) is -0.647. The largest absolute Gasteiger partial charge is 0.481 e. The fourth-order valence-corrected chi connectivity index (χ4v) is 2.91. The Bertz CT molecular complexity index is 343. The SMILES string of the molecule is CC1(C(=O)O)CCN(C(=O)CCC2CCNC2)CC1. The molecule has 0 aromatic carbocycles. The zero-order valence-electron chi connectivity index (χ0n) is 11.7. The number of likely N-dealkylation sites (tertiary alicyclic amines) is 1. The number of nitrogens with one attached hydrogen (secondary N) is 1. The molecule has 0 saturated carbocycles. The molecule has 2 fully saturated rings. The van der Waals surface area contributed by atoms with Gasteiger partial charge in [0.05, 0.1) is 5.41 Å². The summed E-state index contributed by atoms with van der Waals surface area (Å²) in [6, 6.07) is 0. The van der Waals surface area contributed by atoms with Gasteiger partial charge in [-0.2, -0.15) is 0 Å². The molecule has 2 aliphatic rings. The van der Waals surface area contributed by atoms with E-state index in [4.69, 9.17) is 5.11 Å². The number of carboxylic acids is 1. The van der Waals surface area contributed by atoms with Gasteiger partial charge in [-0.05, 0) is 51.6 Å². The quantitative estimate of drug-likeness (QED) is 0.801. The number of amides is 1. The molecule has 2 rings (SSSR count). The summed E-state index contributed by atoms with van der Waals surface area (Å²) in [6.07, 6.45) is 3.87. The maximum atomic E-state index is 12.1. The molecule has 0 spiro atoms. The normalized spacial score (nSPS) is 26.4. The van der Waals surface area contributed by atoms with Crippen LogP contribution in [0.3, 0.4) is 0 Å². The second-order valence-electron chi connectivity index (χ2n) is 6.14. The number of carbonyl (C=O) groups excluding carboxylic acids is 1. The van der Waals surface area contributed by atoms with Gasteiger partial charge in [0.1, 0.15) is 0 Å². The van der Waals surface area contributed by atoms with E-state index in [1.807, 2.05) is 4.90 Å². The number of hydrogen-bond donors (Lipinski definition) is 2.